The molecule has 582 valence electrons. The zero-order valence-electron chi connectivity index (χ0n) is 64.4. The maximum atomic E-state index is 13.3. The first-order valence-electron chi connectivity index (χ1n) is 36.2. The van der Waals surface area contributed by atoms with Crippen LogP contribution in [-0.2, 0) is 31.8 Å². The first-order chi connectivity index (χ1) is 52.1. The van der Waals surface area contributed by atoms with Crippen LogP contribution >= 0.6 is 0 Å². The number of carbonyl (C=O) groups is 7. The van der Waals surface area contributed by atoms with Gasteiger partial charge in [-0.2, -0.15) is 0 Å². The lowest BCUT2D eigenvalue weighted by Crippen LogP contribution is -2.50. The van der Waals surface area contributed by atoms with Crippen LogP contribution in [0.4, 0.5) is 59.4 Å². The fraction of sp³-hybridized carbons (Fsp3) is 0.366. The molecule has 0 spiro atoms. The lowest BCUT2D eigenvalue weighted by Gasteiger charge is -2.36. The van der Waals surface area contributed by atoms with Gasteiger partial charge < -0.3 is 78.6 Å². The summed E-state index contributed by atoms with van der Waals surface area (Å²) in [5.41, 5.74) is 20.1. The van der Waals surface area contributed by atoms with Crippen molar-refractivity contribution in [1.82, 2.24) is 30.1 Å². The first-order valence-corrected chi connectivity index (χ1v) is 36.2. The normalized spacial score (nSPS) is 13.9. The van der Waals surface area contributed by atoms with E-state index in [0.717, 1.165) is 76.8 Å². The zero-order chi connectivity index (χ0) is 79.5. The Bertz CT molecular complexity index is 4540. The third-order valence-electron chi connectivity index (χ3n) is 16.9. The predicted molar refractivity (Wildman–Crippen MR) is 422 cm³/mol. The number of nitrogen functional groups attached to an aromatic ring is 2. The number of rotatable bonds is 15. The molecule has 3 aliphatic heterocycles. The maximum Gasteiger partial charge on any atom is 0.412 e. The number of Topliss-reactive ketones (excluding diaryl/α,β-unsaturated/α-hetero) is 2. The molecule has 0 unspecified atom stereocenters. The summed E-state index contributed by atoms with van der Waals surface area (Å²) >= 11 is 0. The molecule has 3 fully saturated rings. The van der Waals surface area contributed by atoms with Gasteiger partial charge in [0.1, 0.15) is 39.9 Å². The summed E-state index contributed by atoms with van der Waals surface area (Å²) in [6, 6.07) is 32.7. The molecule has 110 heavy (non-hydrogen) atoms. The third kappa shape index (κ3) is 24.9. The van der Waals surface area contributed by atoms with E-state index in [1.165, 1.54) is 12.3 Å². The quantitative estimate of drug-likeness (QED) is 0.0315. The van der Waals surface area contributed by atoms with Gasteiger partial charge in [-0.15, -0.1) is 0 Å². The lowest BCUT2D eigenvalue weighted by atomic mass is 9.98. The fourth-order valence-electron chi connectivity index (χ4n) is 11.5. The van der Waals surface area contributed by atoms with Crippen LogP contribution in [0.1, 0.15) is 125 Å². The molecular formula is C82H99N13O15. The molecular weight excluding hydrogens is 1410 g/mol. The number of carboxylic acids is 1. The van der Waals surface area contributed by atoms with Gasteiger partial charge in [-0.05, 0) is 202 Å². The molecule has 4 amide bonds. The van der Waals surface area contributed by atoms with Crippen molar-refractivity contribution in [2.24, 2.45) is 0 Å². The molecule has 28 heteroatoms. The van der Waals surface area contributed by atoms with Gasteiger partial charge >= 0.3 is 30.3 Å². The summed E-state index contributed by atoms with van der Waals surface area (Å²) in [6.07, 6.45) is 12.9. The minimum atomic E-state index is -0.992. The summed E-state index contributed by atoms with van der Waals surface area (Å²) in [5.74, 6) is 1.23. The fourth-order valence-corrected chi connectivity index (χ4v) is 11.5. The van der Waals surface area contributed by atoms with Gasteiger partial charge in [0.15, 0.2) is 11.6 Å². The van der Waals surface area contributed by atoms with Crippen molar-refractivity contribution < 1.29 is 70.9 Å². The molecule has 3 saturated heterocycles. The van der Waals surface area contributed by atoms with E-state index in [-0.39, 0.29) is 42.2 Å². The van der Waals surface area contributed by atoms with Crippen molar-refractivity contribution in [2.75, 3.05) is 115 Å². The van der Waals surface area contributed by atoms with Gasteiger partial charge in [0, 0.05) is 149 Å². The Morgan fingerprint density at radius 1 is 0.418 bits per heavy atom. The summed E-state index contributed by atoms with van der Waals surface area (Å²) < 4.78 is 36.8. The molecule has 0 saturated carbocycles. The minimum absolute atomic E-state index is 0.00500. The number of hydrogen-bond acceptors (Lipinski definition) is 23. The molecule has 9 aromatic rings. The van der Waals surface area contributed by atoms with E-state index in [4.69, 9.17) is 48.8 Å². The van der Waals surface area contributed by atoms with E-state index < -0.39 is 40.6 Å². The van der Waals surface area contributed by atoms with E-state index >= 15 is 0 Å². The van der Waals surface area contributed by atoms with Crippen LogP contribution < -0.4 is 42.1 Å². The van der Waals surface area contributed by atoms with Gasteiger partial charge in [0.2, 0.25) is 0 Å². The van der Waals surface area contributed by atoms with Gasteiger partial charge in [0.05, 0.1) is 54.5 Å². The molecule has 0 aliphatic carbocycles. The Balaban J connectivity index is 0.000000176. The molecule has 0 radical (unpaired) electrons. The van der Waals surface area contributed by atoms with Crippen LogP contribution in [0.15, 0.2) is 179 Å². The SMILES string of the molecule is CC(C)(C)OC(=O)N1CCN(c2ccc(C(=O)O)cn2)CC1.CC(C)(C)OC(=O)Nc1ccc(-c2ccoc2)cc1CC(=O)c1ccc(N2CCN(C(=O)OC(C)(C)C)CC2)nc1.CC(C)(C)OC(=O)Nc1ccc(-c2ccoc2)cc1N.Nc1ccc(-c2ccoc2)cc1CC(=O)c1ccc(N2CCNCC2)nc1. The lowest BCUT2D eigenvalue weighted by molar-refractivity contribution is 0.0230. The number of benzene rings is 3. The average Bonchev–Trinajstić information content (AvgIpc) is 0.950. The number of hydrogen-bond donors (Lipinski definition) is 6. The summed E-state index contributed by atoms with van der Waals surface area (Å²) in [6.45, 7) is 30.3. The first kappa shape index (κ1) is 81.9. The Labute approximate surface area is 640 Å². The van der Waals surface area contributed by atoms with Crippen molar-refractivity contribution in [3.05, 3.63) is 193 Å². The van der Waals surface area contributed by atoms with Crippen molar-refractivity contribution >= 4 is 82.1 Å². The van der Waals surface area contributed by atoms with E-state index in [1.807, 2.05) is 119 Å². The number of carbonyl (C=O) groups excluding carboxylic acids is 6. The van der Waals surface area contributed by atoms with Crippen molar-refractivity contribution in [2.45, 2.75) is 118 Å². The van der Waals surface area contributed by atoms with Crippen LogP contribution in [0.25, 0.3) is 33.4 Å². The number of pyridine rings is 3. The van der Waals surface area contributed by atoms with Crippen LogP contribution in [0, 0.1) is 0 Å². The van der Waals surface area contributed by atoms with Gasteiger partial charge in [-0.1, -0.05) is 18.2 Å². The van der Waals surface area contributed by atoms with Crippen LogP contribution in [0.3, 0.4) is 0 Å². The number of anilines is 7. The number of nitrogens with one attached hydrogen (secondary N) is 3. The highest BCUT2D eigenvalue weighted by atomic mass is 16.6. The number of furan rings is 3. The molecule has 28 nitrogen and oxygen atoms in total. The van der Waals surface area contributed by atoms with E-state index in [1.54, 1.807) is 132 Å². The molecule has 3 aliphatic rings. The second-order valence-corrected chi connectivity index (χ2v) is 30.2. The number of piperazine rings is 3. The Hall–Kier alpha value is -12.2. The molecule has 6 aromatic heterocycles. The van der Waals surface area contributed by atoms with Crippen LogP contribution in [-0.4, -0.2) is 173 Å². The molecule has 9 heterocycles. The predicted octanol–water partition coefficient (Wildman–Crippen LogP) is 14.6. The van der Waals surface area contributed by atoms with Crippen LogP contribution in [0.5, 0.6) is 0 Å². The highest BCUT2D eigenvalue weighted by Gasteiger charge is 2.30. The van der Waals surface area contributed by atoms with Gasteiger partial charge in [-0.3, -0.25) is 20.2 Å². The Kier molecular flexibility index (Phi) is 27.2. The van der Waals surface area contributed by atoms with E-state index in [0.29, 0.717) is 97.6 Å². The zero-order valence-corrected chi connectivity index (χ0v) is 64.4. The Morgan fingerprint density at radius 3 is 1.15 bits per heavy atom. The van der Waals surface area contributed by atoms with Gasteiger partial charge in [0.25, 0.3) is 0 Å². The molecule has 12 rings (SSSR count). The van der Waals surface area contributed by atoms with Crippen molar-refractivity contribution in [3.63, 3.8) is 0 Å². The number of aromatic carboxylic acids is 1. The van der Waals surface area contributed by atoms with E-state index in [2.05, 4.69) is 40.7 Å². The second-order valence-electron chi connectivity index (χ2n) is 30.2. The monoisotopic (exact) mass is 1510 g/mol. The van der Waals surface area contributed by atoms with Crippen LogP contribution in [0.2, 0.25) is 0 Å². The number of ether oxygens (including phenoxy) is 4. The molecule has 0 atom stereocenters. The topological polar surface area (TPSA) is 359 Å². The molecule has 8 N–H and O–H groups in total. The third-order valence-corrected chi connectivity index (χ3v) is 16.9. The standard InChI is InChI=1S/C31H38N4O6.C21H22N4O2.C15H21N3O4.C15H18N2O3/c1-30(2,3)40-28(37)33-25-9-7-21(23-11-16-39-20-23)17-24(25)18-26(36)22-8-10-27(32-19-22)34-12-14-35(15-13-34)29(38)41-31(4,5)6;22-19-3-1-15(17-5-10-27-14-17)11-18(19)12-20(26)16-2-4-21(24-13-16)25-8-6-23-7-9-25;1-15(2,3)22-14(21)18-8-6-17(7-9-18)12-5-4-11(10-16-12)13(19)20;1-15(2,3)20-14(18)17-13-5-4-10(8-12(13)16)11-6-7-19-9-11/h7-11,16-17,19-20H,12-15,18H2,1-6H3,(H,33,37);1-5,10-11,13-14,23H,6-9,12,22H2;4-5,10H,6-9H2,1-3H3,(H,19,20);4-9H,16H2,1-3H3,(H,17,18). The highest BCUT2D eigenvalue weighted by molar-refractivity contribution is 6.00. The summed E-state index contributed by atoms with van der Waals surface area (Å²) in [4.78, 5) is 108. The number of nitrogens with zero attached hydrogens (tertiary/aromatic N) is 8. The summed E-state index contributed by atoms with van der Waals surface area (Å²) in [5, 5.41) is 17.6. The number of aromatic nitrogens is 3. The number of amides is 4. The minimum Gasteiger partial charge on any atom is -0.478 e. The average molecular weight is 1510 g/mol. The van der Waals surface area contributed by atoms with Crippen molar-refractivity contribution in [3.8, 4) is 33.4 Å². The van der Waals surface area contributed by atoms with E-state index in [9.17, 15) is 33.6 Å². The number of carboxylic acid groups (broad SMARTS) is 1. The summed E-state index contributed by atoms with van der Waals surface area (Å²) in [7, 11) is 0. The van der Waals surface area contributed by atoms with Crippen molar-refractivity contribution in [1.29, 1.82) is 0 Å². The second kappa shape index (κ2) is 36.6. The highest BCUT2D eigenvalue weighted by Crippen LogP contribution is 2.32. The smallest absolute Gasteiger partial charge is 0.412 e. The number of ketones is 2. The molecule has 0 bridgehead atoms. The largest absolute Gasteiger partial charge is 0.478 e. The molecule has 3 aromatic carbocycles. The maximum absolute atomic E-state index is 13.3. The van der Waals surface area contributed by atoms with Gasteiger partial charge in [-0.25, -0.2) is 38.9 Å². The Morgan fingerprint density at radius 2 is 0.782 bits per heavy atom. The number of nitrogens with two attached hydrogens (primary N) is 2.